The van der Waals surface area contributed by atoms with Gasteiger partial charge in [0.25, 0.3) is 0 Å². The maximum atomic E-state index is 6.47. The molecule has 3 aromatic heterocycles. The third kappa shape index (κ3) is 14.7. The lowest BCUT2D eigenvalue weighted by atomic mass is 10.0. The average molecular weight is 1220 g/mol. The SMILES string of the molecule is CCCCCCCCCCOc1ccc(-c2c3nc(c(-c4ccc(Oc5ccc([N+](C)(C)C)cc5)cc4)c4ccc([nH]4)c(-c4ccc(Oc5ccc([N+](C)(C)C)cc5)cc4)c4nc(c(-c5ccc(Oc6ccc([N+](C)(C)C)cc6)cc5)c5ccc2[nH]5)C=C4)C=C3)cc1. The highest BCUT2D eigenvalue weighted by Crippen LogP contribution is 2.41. The lowest BCUT2D eigenvalue weighted by Gasteiger charge is -2.23. The standard InChI is InChI=1S/C81H86N7O4/c1-11-12-13-14-15-16-17-18-55-89-63-33-19-56(20-34-63)78-70-47-49-72(82-70)79(57-21-35-64(36-22-57)90-67-41-27-60(28-42-67)86(2,3)4)74-51-53-76(84-74)81(59-25-39-66(40-26-59)92-69-45-31-62(32-46-69)88(8,9)10)77-54-52-75(85-77)80(73-50-48-71(78)83-73)58-23-37-65(38-24-58)91-68-43-29-61(30-44-68)87(5,6)7/h19-54,82,85H,11-18,55H2,1-10H3/q+3. The van der Waals surface area contributed by atoms with Crippen LogP contribution in [0, 0.1) is 0 Å². The van der Waals surface area contributed by atoms with E-state index >= 15 is 0 Å². The molecule has 92 heavy (non-hydrogen) atoms. The number of unbranched alkanes of at least 4 members (excludes halogenated alkanes) is 7. The summed E-state index contributed by atoms with van der Waals surface area (Å²) < 4.78 is 27.9. The molecule has 7 aromatic carbocycles. The van der Waals surface area contributed by atoms with E-state index in [1.807, 2.05) is 72.8 Å². The number of aromatic amines is 2. The maximum Gasteiger partial charge on any atom is 0.132 e. The molecule has 466 valence electrons. The van der Waals surface area contributed by atoms with E-state index in [-0.39, 0.29) is 0 Å². The van der Waals surface area contributed by atoms with Gasteiger partial charge in [-0.2, -0.15) is 0 Å². The number of H-pyrrole nitrogens is 2. The van der Waals surface area contributed by atoms with Gasteiger partial charge in [-0.15, -0.1) is 0 Å². The van der Waals surface area contributed by atoms with Crippen molar-refractivity contribution < 1.29 is 18.9 Å². The molecule has 0 saturated heterocycles. The largest absolute Gasteiger partial charge is 0.494 e. The third-order valence-corrected chi connectivity index (χ3v) is 17.1. The number of quaternary nitrogens is 3. The van der Waals surface area contributed by atoms with Crippen LogP contribution in [0.4, 0.5) is 17.1 Å². The second-order valence-corrected chi connectivity index (χ2v) is 26.7. The molecule has 0 spiro atoms. The summed E-state index contributed by atoms with van der Waals surface area (Å²) in [6, 6.07) is 66.9. The van der Waals surface area contributed by atoms with Crippen molar-refractivity contribution in [2.24, 2.45) is 0 Å². The number of benzene rings is 7. The minimum absolute atomic E-state index is 0.690. The van der Waals surface area contributed by atoms with Crippen molar-refractivity contribution >= 4 is 63.4 Å². The second-order valence-electron chi connectivity index (χ2n) is 26.7. The van der Waals surface area contributed by atoms with E-state index in [4.69, 9.17) is 28.9 Å². The van der Waals surface area contributed by atoms with Crippen molar-refractivity contribution in [3.63, 3.8) is 0 Å². The Hall–Kier alpha value is -9.78. The van der Waals surface area contributed by atoms with Gasteiger partial charge in [0.2, 0.25) is 0 Å². The lowest BCUT2D eigenvalue weighted by molar-refractivity contribution is 0.304. The van der Waals surface area contributed by atoms with Crippen LogP contribution in [-0.4, -0.2) is 90.0 Å². The Balaban J connectivity index is 1.00. The van der Waals surface area contributed by atoms with Gasteiger partial charge < -0.3 is 28.9 Å². The van der Waals surface area contributed by atoms with Crippen LogP contribution in [0.1, 0.15) is 81.1 Å². The Morgan fingerprint density at radius 3 is 0.783 bits per heavy atom. The number of fused-ring (bicyclic) bond motifs is 8. The molecule has 0 aliphatic carbocycles. The first kappa shape index (κ1) is 62.4. The summed E-state index contributed by atoms with van der Waals surface area (Å²) in [7, 11) is 19.4. The van der Waals surface area contributed by atoms with Crippen LogP contribution in [0.5, 0.6) is 40.2 Å². The molecule has 11 heteroatoms. The summed E-state index contributed by atoms with van der Waals surface area (Å²) in [5.41, 5.74) is 18.0. The highest BCUT2D eigenvalue weighted by Gasteiger charge is 2.22. The van der Waals surface area contributed by atoms with Crippen LogP contribution in [0.2, 0.25) is 0 Å². The van der Waals surface area contributed by atoms with Gasteiger partial charge in [0.05, 0.1) is 92.8 Å². The normalized spacial score (nSPS) is 12.3. The summed E-state index contributed by atoms with van der Waals surface area (Å²) in [6.45, 7) is 2.96. The Morgan fingerprint density at radius 2 is 0.522 bits per heavy atom. The number of ether oxygens (including phenoxy) is 4. The fourth-order valence-electron chi connectivity index (χ4n) is 11.9. The van der Waals surface area contributed by atoms with Crippen LogP contribution in [-0.2, 0) is 0 Å². The van der Waals surface area contributed by atoms with Crippen molar-refractivity contribution in [3.8, 4) is 84.8 Å². The molecule has 2 aliphatic rings. The zero-order valence-corrected chi connectivity index (χ0v) is 55.0. The van der Waals surface area contributed by atoms with E-state index in [0.29, 0.717) is 11.1 Å². The summed E-state index contributed by atoms with van der Waals surface area (Å²) >= 11 is 0. The molecule has 2 N–H and O–H groups in total. The first-order chi connectivity index (χ1) is 44.4. The van der Waals surface area contributed by atoms with E-state index < -0.39 is 0 Å². The highest BCUT2D eigenvalue weighted by atomic mass is 16.5. The first-order valence-electron chi connectivity index (χ1n) is 32.4. The molecule has 8 bridgehead atoms. The van der Waals surface area contributed by atoms with E-state index in [1.54, 1.807) is 0 Å². The van der Waals surface area contributed by atoms with Crippen LogP contribution < -0.4 is 32.4 Å². The van der Waals surface area contributed by atoms with Gasteiger partial charge in [0.15, 0.2) is 0 Å². The fourth-order valence-corrected chi connectivity index (χ4v) is 11.9. The highest BCUT2D eigenvalue weighted by molar-refractivity contribution is 6.00. The van der Waals surface area contributed by atoms with Gasteiger partial charge in [-0.05, 0) is 162 Å². The number of nitrogens with one attached hydrogen (secondary N) is 2. The zero-order chi connectivity index (χ0) is 64.0. The Labute approximate surface area is 543 Å². The quantitative estimate of drug-likeness (QED) is 0.0490. The smallest absolute Gasteiger partial charge is 0.132 e. The predicted molar refractivity (Wildman–Crippen MR) is 387 cm³/mol. The van der Waals surface area contributed by atoms with Gasteiger partial charge in [0, 0.05) is 80.7 Å². The maximum absolute atomic E-state index is 6.47. The van der Waals surface area contributed by atoms with Crippen molar-refractivity contribution in [3.05, 3.63) is 217 Å². The molecule has 11 nitrogen and oxygen atoms in total. The molecule has 0 atom stereocenters. The van der Waals surface area contributed by atoms with Crippen LogP contribution in [0.3, 0.4) is 0 Å². The molecule has 5 heterocycles. The minimum atomic E-state index is 0.690. The fraction of sp³-hybridized carbons (Fsp3) is 0.235. The van der Waals surface area contributed by atoms with E-state index in [2.05, 4.69) is 226 Å². The molecule has 0 radical (unpaired) electrons. The van der Waals surface area contributed by atoms with Gasteiger partial charge >= 0.3 is 0 Å². The Bertz CT molecular complexity index is 4330. The predicted octanol–water partition coefficient (Wildman–Crippen LogP) is 20.8. The average Bonchev–Trinajstić information content (AvgIpc) is 1.62. The number of aromatic nitrogens is 4. The molecular weight excluding hydrogens is 1130 g/mol. The van der Waals surface area contributed by atoms with Gasteiger partial charge in [-0.1, -0.05) is 100 Å². The van der Waals surface area contributed by atoms with E-state index in [0.717, 1.165) is 145 Å². The third-order valence-electron chi connectivity index (χ3n) is 17.1. The van der Waals surface area contributed by atoms with Crippen molar-refractivity contribution in [2.75, 3.05) is 70.0 Å². The molecule has 0 saturated carbocycles. The van der Waals surface area contributed by atoms with E-state index in [1.165, 1.54) is 62.0 Å². The molecule has 12 rings (SSSR count). The minimum Gasteiger partial charge on any atom is -0.494 e. The Morgan fingerprint density at radius 1 is 0.283 bits per heavy atom. The van der Waals surface area contributed by atoms with Crippen molar-refractivity contribution in [1.29, 1.82) is 0 Å². The van der Waals surface area contributed by atoms with Gasteiger partial charge in [-0.3, -0.25) is 13.4 Å². The van der Waals surface area contributed by atoms with Gasteiger partial charge in [0.1, 0.15) is 57.3 Å². The van der Waals surface area contributed by atoms with Crippen LogP contribution in [0.15, 0.2) is 194 Å². The summed E-state index contributed by atoms with van der Waals surface area (Å²) in [5, 5.41) is 0. The topological polar surface area (TPSA) is 94.3 Å². The molecule has 0 amide bonds. The molecule has 2 aliphatic heterocycles. The molecule has 10 aromatic rings. The first-order valence-corrected chi connectivity index (χ1v) is 32.4. The lowest BCUT2D eigenvalue weighted by Crippen LogP contribution is -2.34. The zero-order valence-electron chi connectivity index (χ0n) is 55.0. The Kier molecular flexibility index (Phi) is 18.3. The van der Waals surface area contributed by atoms with Gasteiger partial charge in [-0.25, -0.2) is 9.97 Å². The number of nitrogens with zero attached hydrogens (tertiary/aromatic N) is 5. The second kappa shape index (κ2) is 27.0. The summed E-state index contributed by atoms with van der Waals surface area (Å²) in [5.74, 6) is 5.36. The van der Waals surface area contributed by atoms with Crippen LogP contribution >= 0.6 is 0 Å². The number of rotatable bonds is 23. The van der Waals surface area contributed by atoms with Crippen molar-refractivity contribution in [2.45, 2.75) is 58.3 Å². The number of hydrogen-bond acceptors (Lipinski definition) is 6. The molecule has 0 fully saturated rings. The molecule has 0 unspecified atom stereocenters. The summed E-state index contributed by atoms with van der Waals surface area (Å²) in [4.78, 5) is 19.1. The monoisotopic (exact) mass is 1220 g/mol. The van der Waals surface area contributed by atoms with Crippen molar-refractivity contribution in [1.82, 2.24) is 33.4 Å². The molecular formula is C81H86N7O4+3. The van der Waals surface area contributed by atoms with Crippen LogP contribution in [0.25, 0.3) is 90.9 Å². The number of hydrogen-bond donors (Lipinski definition) is 2. The van der Waals surface area contributed by atoms with E-state index in [9.17, 15) is 0 Å². The summed E-state index contributed by atoms with van der Waals surface area (Å²) in [6.07, 6.45) is 18.5.